The van der Waals surface area contributed by atoms with Gasteiger partial charge in [0.2, 0.25) is 5.91 Å². The van der Waals surface area contributed by atoms with Gasteiger partial charge in [0.1, 0.15) is 0 Å². The number of aliphatic hydroxyl groups is 1. The third-order valence-electron chi connectivity index (χ3n) is 4.32. The molecule has 3 heteroatoms. The van der Waals surface area contributed by atoms with E-state index in [0.717, 1.165) is 19.3 Å². The van der Waals surface area contributed by atoms with Crippen LogP contribution < -0.4 is 5.73 Å². The number of hydrogen-bond acceptors (Lipinski definition) is 2. The number of aliphatic hydroxyl groups excluding tert-OH is 1. The number of carbonyl (C=O) groups is 1. The van der Waals surface area contributed by atoms with Gasteiger partial charge in [-0.05, 0) is 30.6 Å². The van der Waals surface area contributed by atoms with Crippen molar-refractivity contribution in [3.8, 4) is 0 Å². The first-order chi connectivity index (χ1) is 5.91. The molecule has 0 aromatic heterocycles. The predicted octanol–water partition coefficient (Wildman–Crippen LogP) is 0.659. The molecule has 3 atom stereocenters. The molecule has 2 aliphatic carbocycles. The zero-order valence-corrected chi connectivity index (χ0v) is 8.21. The average molecular weight is 183 g/mol. The molecule has 2 aliphatic rings. The topological polar surface area (TPSA) is 63.3 Å². The van der Waals surface area contributed by atoms with Gasteiger partial charge < -0.3 is 10.8 Å². The quantitative estimate of drug-likeness (QED) is 0.627. The molecule has 1 amide bonds. The summed E-state index contributed by atoms with van der Waals surface area (Å²) in [4.78, 5) is 11.3. The van der Waals surface area contributed by atoms with Crippen molar-refractivity contribution in [3.05, 3.63) is 0 Å². The second kappa shape index (κ2) is 2.27. The van der Waals surface area contributed by atoms with Gasteiger partial charge in [-0.25, -0.2) is 0 Å². The minimum atomic E-state index is -0.603. The van der Waals surface area contributed by atoms with E-state index in [9.17, 15) is 9.90 Å². The molecule has 2 fully saturated rings. The van der Waals surface area contributed by atoms with Gasteiger partial charge in [-0.15, -0.1) is 0 Å². The fourth-order valence-electron chi connectivity index (χ4n) is 3.25. The maximum atomic E-state index is 11.3. The molecule has 0 aliphatic heterocycles. The molecule has 0 spiro atoms. The van der Waals surface area contributed by atoms with Crippen molar-refractivity contribution in [1.29, 1.82) is 0 Å². The van der Waals surface area contributed by atoms with Gasteiger partial charge in [-0.2, -0.15) is 0 Å². The SMILES string of the molecule is CC1(C)[C@@H]2CC[C@@](C(N)=O)(C2)[C@@H]1O. The smallest absolute Gasteiger partial charge is 0.226 e. The Morgan fingerprint density at radius 2 is 2.15 bits per heavy atom. The normalized spacial score (nSPS) is 46.7. The van der Waals surface area contributed by atoms with Crippen molar-refractivity contribution < 1.29 is 9.90 Å². The van der Waals surface area contributed by atoms with Crippen LogP contribution in [0.2, 0.25) is 0 Å². The third-order valence-corrected chi connectivity index (χ3v) is 4.32. The van der Waals surface area contributed by atoms with Crippen LogP contribution in [0.3, 0.4) is 0 Å². The summed E-state index contributed by atoms with van der Waals surface area (Å²) in [6.45, 7) is 4.07. The van der Waals surface area contributed by atoms with Gasteiger partial charge in [0.05, 0.1) is 11.5 Å². The van der Waals surface area contributed by atoms with E-state index in [1.807, 2.05) is 13.8 Å². The number of rotatable bonds is 1. The van der Waals surface area contributed by atoms with Gasteiger partial charge in [0, 0.05) is 0 Å². The summed E-state index contributed by atoms with van der Waals surface area (Å²) in [5.41, 5.74) is 4.65. The Morgan fingerprint density at radius 3 is 2.46 bits per heavy atom. The van der Waals surface area contributed by atoms with Crippen LogP contribution in [0.25, 0.3) is 0 Å². The Morgan fingerprint density at radius 1 is 1.54 bits per heavy atom. The zero-order valence-electron chi connectivity index (χ0n) is 8.21. The second-order valence-electron chi connectivity index (χ2n) is 5.18. The average Bonchev–Trinajstić information content (AvgIpc) is 2.53. The van der Waals surface area contributed by atoms with E-state index >= 15 is 0 Å². The molecule has 3 nitrogen and oxygen atoms in total. The van der Waals surface area contributed by atoms with E-state index in [1.54, 1.807) is 0 Å². The Bertz CT molecular complexity index is 262. The molecule has 0 radical (unpaired) electrons. The maximum Gasteiger partial charge on any atom is 0.226 e. The molecule has 0 unspecified atom stereocenters. The number of carbonyl (C=O) groups excluding carboxylic acids is 1. The summed E-state index contributed by atoms with van der Waals surface area (Å²) in [7, 11) is 0. The van der Waals surface area contributed by atoms with Crippen LogP contribution in [0.1, 0.15) is 33.1 Å². The van der Waals surface area contributed by atoms with Crippen LogP contribution >= 0.6 is 0 Å². The number of hydrogen-bond donors (Lipinski definition) is 2. The minimum absolute atomic E-state index is 0.132. The lowest BCUT2D eigenvalue weighted by atomic mass is 9.69. The molecule has 2 saturated carbocycles. The van der Waals surface area contributed by atoms with E-state index in [-0.39, 0.29) is 11.3 Å². The monoisotopic (exact) mass is 183 g/mol. The summed E-state index contributed by atoms with van der Waals surface area (Å²) in [6.07, 6.45) is 2.05. The molecule has 0 aromatic carbocycles. The fraction of sp³-hybridized carbons (Fsp3) is 0.900. The molecule has 2 bridgehead atoms. The van der Waals surface area contributed by atoms with Crippen molar-refractivity contribution in [2.75, 3.05) is 0 Å². The van der Waals surface area contributed by atoms with Crippen LogP contribution in [0.15, 0.2) is 0 Å². The molecule has 2 rings (SSSR count). The number of primary amides is 1. The van der Waals surface area contributed by atoms with Gasteiger partial charge >= 0.3 is 0 Å². The molecular weight excluding hydrogens is 166 g/mol. The Kier molecular flexibility index (Phi) is 1.57. The Hall–Kier alpha value is -0.570. The van der Waals surface area contributed by atoms with E-state index in [4.69, 9.17) is 5.73 Å². The lowest BCUT2D eigenvalue weighted by Gasteiger charge is -2.39. The van der Waals surface area contributed by atoms with Gasteiger partial charge in [-0.3, -0.25) is 4.79 Å². The summed E-state index contributed by atoms with van der Waals surface area (Å²) >= 11 is 0. The Labute approximate surface area is 78.3 Å². The molecule has 74 valence electrons. The largest absolute Gasteiger partial charge is 0.391 e. The van der Waals surface area contributed by atoms with Gasteiger partial charge in [0.15, 0.2) is 0 Å². The van der Waals surface area contributed by atoms with E-state index in [0.29, 0.717) is 5.92 Å². The molecular formula is C10H17NO2. The lowest BCUT2D eigenvalue weighted by Crippen LogP contribution is -2.48. The highest BCUT2D eigenvalue weighted by Gasteiger charge is 2.64. The maximum absolute atomic E-state index is 11.3. The lowest BCUT2D eigenvalue weighted by molar-refractivity contribution is -0.137. The standard InChI is InChI=1S/C10H17NO2/c1-9(2)6-3-4-10(5-6,7(9)12)8(11)13/h6-7,12H,3-5H2,1-2H3,(H2,11,13)/t6-,7-,10-/m1/s1. The number of amides is 1. The molecule has 0 heterocycles. The van der Waals surface area contributed by atoms with Crippen molar-refractivity contribution in [1.82, 2.24) is 0 Å². The van der Waals surface area contributed by atoms with Crippen molar-refractivity contribution >= 4 is 5.91 Å². The van der Waals surface area contributed by atoms with Gasteiger partial charge in [0.25, 0.3) is 0 Å². The van der Waals surface area contributed by atoms with E-state index in [2.05, 4.69) is 0 Å². The van der Waals surface area contributed by atoms with Crippen molar-refractivity contribution in [2.24, 2.45) is 22.5 Å². The highest BCUT2D eigenvalue weighted by molar-refractivity contribution is 5.82. The van der Waals surface area contributed by atoms with Crippen LogP contribution in [0.4, 0.5) is 0 Å². The van der Waals surface area contributed by atoms with Crippen LogP contribution in [0, 0.1) is 16.7 Å². The molecule has 0 saturated heterocycles. The highest BCUT2D eigenvalue weighted by atomic mass is 16.3. The first-order valence-corrected chi connectivity index (χ1v) is 4.89. The minimum Gasteiger partial charge on any atom is -0.391 e. The first kappa shape index (κ1) is 9.00. The molecule has 3 N–H and O–H groups in total. The predicted molar refractivity (Wildman–Crippen MR) is 48.8 cm³/mol. The summed E-state index contributed by atoms with van der Waals surface area (Å²) in [6, 6.07) is 0. The fourth-order valence-corrected chi connectivity index (χ4v) is 3.25. The van der Waals surface area contributed by atoms with E-state index < -0.39 is 11.5 Å². The second-order valence-corrected chi connectivity index (χ2v) is 5.18. The third kappa shape index (κ3) is 0.857. The number of nitrogens with two attached hydrogens (primary N) is 1. The molecule has 0 aromatic rings. The van der Waals surface area contributed by atoms with Crippen LogP contribution in [0.5, 0.6) is 0 Å². The Balaban J connectivity index is 2.40. The summed E-state index contributed by atoms with van der Waals surface area (Å²) < 4.78 is 0. The van der Waals surface area contributed by atoms with Crippen molar-refractivity contribution in [2.45, 2.75) is 39.2 Å². The van der Waals surface area contributed by atoms with Crippen LogP contribution in [-0.2, 0) is 4.79 Å². The first-order valence-electron chi connectivity index (χ1n) is 4.89. The number of fused-ring (bicyclic) bond motifs is 2. The highest BCUT2D eigenvalue weighted by Crippen LogP contribution is 2.62. The van der Waals surface area contributed by atoms with Crippen LogP contribution in [-0.4, -0.2) is 17.1 Å². The summed E-state index contributed by atoms with van der Waals surface area (Å²) in [5, 5.41) is 10.1. The van der Waals surface area contributed by atoms with Crippen molar-refractivity contribution in [3.63, 3.8) is 0 Å². The zero-order chi connectivity index (χ0) is 9.85. The molecule has 13 heavy (non-hydrogen) atoms. The van der Waals surface area contributed by atoms with E-state index in [1.165, 1.54) is 0 Å². The summed E-state index contributed by atoms with van der Waals surface area (Å²) in [5.74, 6) is 0.156. The van der Waals surface area contributed by atoms with Gasteiger partial charge in [-0.1, -0.05) is 13.8 Å².